The van der Waals surface area contributed by atoms with Crippen LogP contribution in [0.2, 0.25) is 0 Å². The lowest BCUT2D eigenvalue weighted by Gasteiger charge is -2.32. The number of carbonyl (C=O) groups is 3. The number of carboxylic acid groups (broad SMARTS) is 2. The Hall–Kier alpha value is -4.45. The Morgan fingerprint density at radius 3 is 2.26 bits per heavy atom. The third kappa shape index (κ3) is 9.54. The zero-order valence-corrected chi connectivity index (χ0v) is 20.5. The quantitative estimate of drug-likeness (QED) is 0.355. The van der Waals surface area contributed by atoms with Crippen LogP contribution in [0.4, 0.5) is 4.39 Å². The molecule has 1 amide bonds. The van der Waals surface area contributed by atoms with E-state index in [-0.39, 0.29) is 17.5 Å². The molecule has 0 aliphatic carbocycles. The Kier molecular flexibility index (Phi) is 10.6. The van der Waals surface area contributed by atoms with Crippen molar-refractivity contribution in [2.45, 2.75) is 25.8 Å². The molecule has 4 rings (SSSR count). The van der Waals surface area contributed by atoms with Crippen molar-refractivity contribution in [3.63, 3.8) is 0 Å². The fourth-order valence-corrected chi connectivity index (χ4v) is 3.82. The second kappa shape index (κ2) is 14.3. The Bertz CT molecular complexity index is 1210. The standard InChI is InChI=1S/C22H24FN5O2.C4H4O4/c23-19-3-1-17(2-4-19)15-28-13-8-16(9-14-28)5-12-25-21(29)20-26-22(30-27-20)18-6-10-24-11-7-18;5-3(6)1-2-4(7)8/h1-4,6-7,10-11,16H,5,8-9,12-15H2,(H,25,29);1-2H,(H,5,6)(H,7,8)/b;2-1+. The van der Waals surface area contributed by atoms with Gasteiger partial charge in [-0.05, 0) is 68.1 Å². The SMILES string of the molecule is O=C(NCCC1CCN(Cc2ccc(F)cc2)CC1)c1noc(-c2ccncc2)n1.O=C(O)/C=C/C(=O)O. The molecule has 3 aromatic rings. The summed E-state index contributed by atoms with van der Waals surface area (Å²) in [6, 6.07) is 10.2. The van der Waals surface area contributed by atoms with Gasteiger partial charge in [0.1, 0.15) is 5.82 Å². The van der Waals surface area contributed by atoms with Crippen molar-refractivity contribution in [3.05, 3.63) is 78.1 Å². The minimum Gasteiger partial charge on any atom is -0.478 e. The van der Waals surface area contributed by atoms with Gasteiger partial charge in [0, 0.05) is 43.2 Å². The molecule has 1 aliphatic rings. The maximum Gasteiger partial charge on any atom is 0.328 e. The summed E-state index contributed by atoms with van der Waals surface area (Å²) < 4.78 is 18.2. The van der Waals surface area contributed by atoms with Crippen LogP contribution in [0, 0.1) is 11.7 Å². The monoisotopic (exact) mass is 525 g/mol. The summed E-state index contributed by atoms with van der Waals surface area (Å²) in [4.78, 5) is 41.9. The second-order valence-corrected chi connectivity index (χ2v) is 8.56. The number of carbonyl (C=O) groups excluding carboxylic acids is 1. The fourth-order valence-electron chi connectivity index (χ4n) is 3.82. The van der Waals surface area contributed by atoms with Gasteiger partial charge in [-0.2, -0.15) is 4.98 Å². The molecule has 200 valence electrons. The molecule has 1 aromatic carbocycles. The number of piperidine rings is 1. The molecular formula is C26H28FN5O6. The summed E-state index contributed by atoms with van der Waals surface area (Å²) >= 11 is 0. The zero-order valence-electron chi connectivity index (χ0n) is 20.5. The van der Waals surface area contributed by atoms with Crippen molar-refractivity contribution in [1.29, 1.82) is 0 Å². The number of nitrogens with zero attached hydrogens (tertiary/aromatic N) is 4. The van der Waals surface area contributed by atoms with Crippen molar-refractivity contribution in [2.75, 3.05) is 19.6 Å². The largest absolute Gasteiger partial charge is 0.478 e. The Morgan fingerprint density at radius 2 is 1.66 bits per heavy atom. The van der Waals surface area contributed by atoms with E-state index in [9.17, 15) is 18.8 Å². The number of carboxylic acids is 2. The van der Waals surface area contributed by atoms with Gasteiger partial charge in [0.15, 0.2) is 0 Å². The molecule has 3 N–H and O–H groups in total. The van der Waals surface area contributed by atoms with Gasteiger partial charge in [0.25, 0.3) is 17.6 Å². The molecular weight excluding hydrogens is 497 g/mol. The summed E-state index contributed by atoms with van der Waals surface area (Å²) in [6.45, 7) is 3.45. The van der Waals surface area contributed by atoms with Gasteiger partial charge in [-0.3, -0.25) is 14.7 Å². The van der Waals surface area contributed by atoms with Crippen LogP contribution < -0.4 is 5.32 Å². The molecule has 3 heterocycles. The minimum atomic E-state index is -1.26. The van der Waals surface area contributed by atoms with Crippen molar-refractivity contribution >= 4 is 17.8 Å². The third-order valence-electron chi connectivity index (χ3n) is 5.79. The molecule has 0 radical (unpaired) electrons. The van der Waals surface area contributed by atoms with Crippen LogP contribution in [0.5, 0.6) is 0 Å². The highest BCUT2D eigenvalue weighted by atomic mass is 19.1. The van der Waals surface area contributed by atoms with E-state index in [0.29, 0.717) is 30.5 Å². The van der Waals surface area contributed by atoms with E-state index in [4.69, 9.17) is 14.7 Å². The number of rotatable bonds is 9. The average molecular weight is 526 g/mol. The summed E-state index contributed by atoms with van der Waals surface area (Å²) in [6.07, 6.45) is 7.47. The zero-order chi connectivity index (χ0) is 27.3. The molecule has 1 fully saturated rings. The van der Waals surface area contributed by atoms with Crippen LogP contribution >= 0.6 is 0 Å². The number of aromatic nitrogens is 3. The van der Waals surface area contributed by atoms with Crippen LogP contribution in [0.1, 0.15) is 35.4 Å². The number of halogens is 1. The highest BCUT2D eigenvalue weighted by Gasteiger charge is 2.20. The summed E-state index contributed by atoms with van der Waals surface area (Å²) in [5.74, 6) is -2.12. The van der Waals surface area contributed by atoms with Gasteiger partial charge in [0.05, 0.1) is 0 Å². The molecule has 1 aliphatic heterocycles. The summed E-state index contributed by atoms with van der Waals surface area (Å²) in [5.41, 5.74) is 1.86. The summed E-state index contributed by atoms with van der Waals surface area (Å²) in [7, 11) is 0. The van der Waals surface area contributed by atoms with Gasteiger partial charge in [-0.1, -0.05) is 17.3 Å². The number of hydrogen-bond acceptors (Lipinski definition) is 8. The van der Waals surface area contributed by atoms with E-state index < -0.39 is 11.9 Å². The molecule has 2 aromatic heterocycles. The maximum absolute atomic E-state index is 13.0. The van der Waals surface area contributed by atoms with Crippen molar-refractivity contribution in [1.82, 2.24) is 25.3 Å². The number of likely N-dealkylation sites (tertiary alicyclic amines) is 1. The first-order valence-corrected chi connectivity index (χ1v) is 11.9. The maximum atomic E-state index is 13.0. The van der Waals surface area contributed by atoms with E-state index >= 15 is 0 Å². The third-order valence-corrected chi connectivity index (χ3v) is 5.79. The van der Waals surface area contributed by atoms with E-state index in [0.717, 1.165) is 50.0 Å². The Labute approximate surface area is 218 Å². The van der Waals surface area contributed by atoms with E-state index in [1.807, 2.05) is 12.1 Å². The van der Waals surface area contributed by atoms with Gasteiger partial charge in [-0.25, -0.2) is 14.0 Å². The Morgan fingerprint density at radius 1 is 1.03 bits per heavy atom. The van der Waals surface area contributed by atoms with Crippen LogP contribution in [0.3, 0.4) is 0 Å². The van der Waals surface area contributed by atoms with Crippen molar-refractivity contribution < 1.29 is 33.5 Å². The lowest BCUT2D eigenvalue weighted by Crippen LogP contribution is -2.35. The number of aliphatic carboxylic acids is 2. The molecule has 0 unspecified atom stereocenters. The topological polar surface area (TPSA) is 159 Å². The van der Waals surface area contributed by atoms with Gasteiger partial charge in [-0.15, -0.1) is 0 Å². The highest BCUT2D eigenvalue weighted by molar-refractivity contribution is 5.90. The normalized spacial score (nSPS) is 14.0. The van der Waals surface area contributed by atoms with Crippen molar-refractivity contribution in [3.8, 4) is 11.5 Å². The molecule has 0 bridgehead atoms. The molecule has 12 heteroatoms. The fraction of sp³-hybridized carbons (Fsp3) is 0.308. The van der Waals surface area contributed by atoms with Crippen LogP contribution in [0.25, 0.3) is 11.5 Å². The first-order valence-electron chi connectivity index (χ1n) is 11.9. The number of nitrogens with one attached hydrogen (secondary N) is 1. The van der Waals surface area contributed by atoms with Crippen LogP contribution in [-0.4, -0.2) is 67.7 Å². The van der Waals surface area contributed by atoms with Gasteiger partial charge >= 0.3 is 11.9 Å². The van der Waals surface area contributed by atoms with E-state index in [2.05, 4.69) is 25.3 Å². The first kappa shape index (κ1) is 28.1. The molecule has 0 atom stereocenters. The average Bonchev–Trinajstić information content (AvgIpc) is 3.41. The molecule has 38 heavy (non-hydrogen) atoms. The van der Waals surface area contributed by atoms with Gasteiger partial charge < -0.3 is 20.1 Å². The predicted molar refractivity (Wildman–Crippen MR) is 133 cm³/mol. The molecule has 0 saturated carbocycles. The lowest BCUT2D eigenvalue weighted by molar-refractivity contribution is -0.134. The first-order chi connectivity index (χ1) is 18.3. The Balaban J connectivity index is 0.000000436. The molecule has 1 saturated heterocycles. The minimum absolute atomic E-state index is 0.0379. The number of benzene rings is 1. The van der Waals surface area contributed by atoms with Crippen molar-refractivity contribution in [2.24, 2.45) is 5.92 Å². The smallest absolute Gasteiger partial charge is 0.328 e. The number of hydrogen-bond donors (Lipinski definition) is 3. The van der Waals surface area contributed by atoms with Gasteiger partial charge in [0.2, 0.25) is 0 Å². The van der Waals surface area contributed by atoms with Crippen LogP contribution in [-0.2, 0) is 16.1 Å². The number of amides is 1. The second-order valence-electron chi connectivity index (χ2n) is 8.56. The summed E-state index contributed by atoms with van der Waals surface area (Å²) in [5, 5.41) is 22.3. The predicted octanol–water partition coefficient (Wildman–Crippen LogP) is 3.01. The van der Waals surface area contributed by atoms with Crippen LogP contribution in [0.15, 0.2) is 65.5 Å². The van der Waals surface area contributed by atoms with E-state index in [1.165, 1.54) is 12.1 Å². The number of pyridine rings is 1. The van der Waals surface area contributed by atoms with E-state index in [1.54, 1.807) is 24.5 Å². The molecule has 11 nitrogen and oxygen atoms in total. The highest BCUT2D eigenvalue weighted by Crippen LogP contribution is 2.22. The molecule has 0 spiro atoms. The lowest BCUT2D eigenvalue weighted by atomic mass is 9.93.